The number of aliphatic hydroxyl groups is 1. The van der Waals surface area contributed by atoms with Crippen molar-refractivity contribution < 1.29 is 9.84 Å². The molecule has 26 heavy (non-hydrogen) atoms. The van der Waals surface area contributed by atoms with Gasteiger partial charge in [0.1, 0.15) is 5.75 Å². The number of benzene rings is 1. The molecule has 4 rings (SSSR count). The lowest BCUT2D eigenvalue weighted by atomic mass is 10.1. The second kappa shape index (κ2) is 5.88. The van der Waals surface area contributed by atoms with Crippen LogP contribution in [0.5, 0.6) is 5.75 Å². The van der Waals surface area contributed by atoms with E-state index < -0.39 is 11.2 Å². The Balaban J connectivity index is 2.05. The van der Waals surface area contributed by atoms with E-state index in [1.165, 1.54) is 4.57 Å². The first-order chi connectivity index (χ1) is 12.5. The van der Waals surface area contributed by atoms with Crippen LogP contribution in [0.4, 0.5) is 0 Å². The predicted molar refractivity (Wildman–Crippen MR) is 95.6 cm³/mol. The van der Waals surface area contributed by atoms with Crippen LogP contribution in [0, 0.1) is 0 Å². The topological polar surface area (TPSA) is 107 Å². The summed E-state index contributed by atoms with van der Waals surface area (Å²) < 4.78 is 9.93. The molecule has 134 valence electrons. The van der Waals surface area contributed by atoms with Crippen molar-refractivity contribution in [2.75, 3.05) is 13.7 Å². The van der Waals surface area contributed by atoms with Crippen LogP contribution < -0.4 is 16.0 Å². The third kappa shape index (κ3) is 2.25. The average molecular weight is 355 g/mol. The summed E-state index contributed by atoms with van der Waals surface area (Å²) in [6.07, 6.45) is 1.78. The molecule has 0 aliphatic rings. The molecular weight excluding hydrogens is 338 g/mol. The van der Waals surface area contributed by atoms with Crippen LogP contribution in [-0.2, 0) is 13.6 Å². The zero-order valence-electron chi connectivity index (χ0n) is 14.3. The highest BCUT2D eigenvalue weighted by Crippen LogP contribution is 2.26. The molecule has 3 aromatic heterocycles. The van der Waals surface area contributed by atoms with Gasteiger partial charge in [-0.3, -0.25) is 18.7 Å². The number of H-pyrrole nitrogens is 1. The minimum atomic E-state index is -0.521. The van der Waals surface area contributed by atoms with Crippen LogP contribution in [-0.4, -0.2) is 42.3 Å². The minimum absolute atomic E-state index is 0.0913. The van der Waals surface area contributed by atoms with Gasteiger partial charge in [-0.25, -0.2) is 4.79 Å². The number of aromatic amines is 1. The van der Waals surface area contributed by atoms with Gasteiger partial charge in [0.25, 0.3) is 5.56 Å². The van der Waals surface area contributed by atoms with E-state index in [1.807, 2.05) is 28.8 Å². The Kier molecular flexibility index (Phi) is 3.66. The number of aromatic nitrogens is 5. The molecule has 9 nitrogen and oxygen atoms in total. The van der Waals surface area contributed by atoms with E-state index >= 15 is 0 Å². The van der Waals surface area contributed by atoms with E-state index in [1.54, 1.807) is 24.8 Å². The molecule has 0 saturated heterocycles. The summed E-state index contributed by atoms with van der Waals surface area (Å²) in [6, 6.07) is 7.46. The van der Waals surface area contributed by atoms with Crippen LogP contribution in [0.2, 0.25) is 0 Å². The Hall–Kier alpha value is -3.33. The molecular formula is C17H17N5O4. The van der Waals surface area contributed by atoms with Gasteiger partial charge in [-0.15, -0.1) is 0 Å². The number of fused-ring (bicyclic) bond motifs is 3. The van der Waals surface area contributed by atoms with Crippen molar-refractivity contribution in [3.8, 4) is 17.0 Å². The number of methoxy groups -OCH3 is 1. The summed E-state index contributed by atoms with van der Waals surface area (Å²) in [6.45, 7) is 0.207. The normalized spacial score (nSPS) is 11.5. The second-order valence-corrected chi connectivity index (χ2v) is 5.89. The lowest BCUT2D eigenvalue weighted by Gasteiger charge is -2.08. The van der Waals surface area contributed by atoms with Crippen molar-refractivity contribution in [2.24, 2.45) is 7.05 Å². The Morgan fingerprint density at radius 1 is 1.23 bits per heavy atom. The van der Waals surface area contributed by atoms with Gasteiger partial charge < -0.3 is 14.4 Å². The number of hydrogen-bond acceptors (Lipinski definition) is 5. The lowest BCUT2D eigenvalue weighted by molar-refractivity contribution is 0.278. The van der Waals surface area contributed by atoms with Gasteiger partial charge >= 0.3 is 5.69 Å². The summed E-state index contributed by atoms with van der Waals surface area (Å²) in [5.41, 5.74) is 1.24. The van der Waals surface area contributed by atoms with Gasteiger partial charge in [0.2, 0.25) is 5.78 Å². The van der Waals surface area contributed by atoms with Gasteiger partial charge in [-0.1, -0.05) is 0 Å². The SMILES string of the molecule is COc1ccc(-c2cn3c4c(=O)[nH]c(=O)n(C)c4nc3n2CCO)cc1. The molecule has 1 aromatic carbocycles. The molecule has 0 bridgehead atoms. The molecule has 0 radical (unpaired) electrons. The van der Waals surface area contributed by atoms with E-state index in [-0.39, 0.29) is 12.1 Å². The van der Waals surface area contributed by atoms with Crippen molar-refractivity contribution in [3.05, 3.63) is 51.3 Å². The minimum Gasteiger partial charge on any atom is -0.497 e. The molecule has 9 heteroatoms. The number of ether oxygens (including phenoxy) is 1. The number of hydrogen-bond donors (Lipinski definition) is 2. The van der Waals surface area contributed by atoms with Crippen molar-refractivity contribution in [2.45, 2.75) is 6.54 Å². The summed E-state index contributed by atoms with van der Waals surface area (Å²) >= 11 is 0. The largest absolute Gasteiger partial charge is 0.497 e. The van der Waals surface area contributed by atoms with E-state index in [2.05, 4.69) is 9.97 Å². The third-order valence-corrected chi connectivity index (χ3v) is 4.42. The number of aryl methyl sites for hydroxylation is 1. The van der Waals surface area contributed by atoms with Crippen molar-refractivity contribution >= 4 is 16.9 Å². The molecule has 0 atom stereocenters. The van der Waals surface area contributed by atoms with Gasteiger partial charge in [-0.2, -0.15) is 4.98 Å². The summed E-state index contributed by atoms with van der Waals surface area (Å²) in [5.74, 6) is 1.21. The number of aliphatic hydroxyl groups excluding tert-OH is 1. The zero-order chi connectivity index (χ0) is 18.4. The van der Waals surface area contributed by atoms with Crippen molar-refractivity contribution in [3.63, 3.8) is 0 Å². The molecule has 0 aliphatic heterocycles. The van der Waals surface area contributed by atoms with Crippen LogP contribution in [0.1, 0.15) is 0 Å². The lowest BCUT2D eigenvalue weighted by Crippen LogP contribution is -2.28. The smallest absolute Gasteiger partial charge is 0.329 e. The fourth-order valence-corrected chi connectivity index (χ4v) is 3.12. The monoisotopic (exact) mass is 355 g/mol. The number of rotatable bonds is 4. The van der Waals surface area contributed by atoms with E-state index in [0.29, 0.717) is 18.0 Å². The van der Waals surface area contributed by atoms with Crippen LogP contribution in [0.3, 0.4) is 0 Å². The molecule has 0 amide bonds. The maximum atomic E-state index is 12.3. The summed E-state index contributed by atoms with van der Waals surface area (Å²) in [7, 11) is 3.15. The van der Waals surface area contributed by atoms with Crippen LogP contribution in [0.15, 0.2) is 40.1 Å². The highest BCUT2D eigenvalue weighted by atomic mass is 16.5. The molecule has 2 N–H and O–H groups in total. The molecule has 3 heterocycles. The van der Waals surface area contributed by atoms with E-state index in [9.17, 15) is 14.7 Å². The predicted octanol–water partition coefficient (Wildman–Crippen LogP) is 0.344. The maximum Gasteiger partial charge on any atom is 0.329 e. The third-order valence-electron chi connectivity index (χ3n) is 4.42. The van der Waals surface area contributed by atoms with Gasteiger partial charge in [0.05, 0.1) is 19.4 Å². The van der Waals surface area contributed by atoms with E-state index in [4.69, 9.17) is 4.74 Å². The fourth-order valence-electron chi connectivity index (χ4n) is 3.12. The maximum absolute atomic E-state index is 12.3. The van der Waals surface area contributed by atoms with Crippen molar-refractivity contribution in [1.29, 1.82) is 0 Å². The fraction of sp³-hybridized carbons (Fsp3) is 0.235. The highest BCUT2D eigenvalue weighted by Gasteiger charge is 2.19. The zero-order valence-corrected chi connectivity index (χ0v) is 14.3. The molecule has 0 spiro atoms. The first-order valence-corrected chi connectivity index (χ1v) is 8.01. The summed E-state index contributed by atoms with van der Waals surface area (Å²) in [4.78, 5) is 30.9. The molecule has 0 aliphatic carbocycles. The molecule has 0 saturated carbocycles. The molecule has 0 fully saturated rings. The van der Waals surface area contributed by atoms with Gasteiger partial charge in [0, 0.05) is 25.4 Å². The average Bonchev–Trinajstić information content (AvgIpc) is 3.17. The standard InChI is InChI=1S/C17H17N5O4/c1-20-14-13(15(24)19-17(20)25)22-9-12(21(7-8-23)16(22)18-14)10-3-5-11(26-2)6-4-10/h3-6,9,23H,7-8H2,1-2H3,(H,19,24,25). The van der Waals surface area contributed by atoms with E-state index in [0.717, 1.165) is 17.0 Å². The Bertz CT molecular complexity index is 1230. The second-order valence-electron chi connectivity index (χ2n) is 5.89. The van der Waals surface area contributed by atoms with Crippen molar-refractivity contribution in [1.82, 2.24) is 23.5 Å². The Morgan fingerprint density at radius 3 is 2.62 bits per heavy atom. The number of imidazole rings is 2. The Labute approximate surface area is 146 Å². The van der Waals surface area contributed by atoms with Crippen LogP contribution >= 0.6 is 0 Å². The number of nitrogens with zero attached hydrogens (tertiary/aromatic N) is 4. The molecule has 4 aromatic rings. The quantitative estimate of drug-likeness (QED) is 0.549. The summed E-state index contributed by atoms with van der Waals surface area (Å²) in [5, 5.41) is 9.48. The first kappa shape index (κ1) is 16.2. The highest BCUT2D eigenvalue weighted by molar-refractivity contribution is 5.78. The number of nitrogens with one attached hydrogen (secondary N) is 1. The van der Waals surface area contributed by atoms with Crippen LogP contribution in [0.25, 0.3) is 28.2 Å². The van der Waals surface area contributed by atoms with Gasteiger partial charge in [-0.05, 0) is 24.3 Å². The Morgan fingerprint density at radius 2 is 1.96 bits per heavy atom. The first-order valence-electron chi connectivity index (χ1n) is 8.01. The van der Waals surface area contributed by atoms with Gasteiger partial charge in [0.15, 0.2) is 11.2 Å². The molecule has 0 unspecified atom stereocenters.